The van der Waals surface area contributed by atoms with Crippen LogP contribution in [-0.2, 0) is 0 Å². The lowest BCUT2D eigenvalue weighted by atomic mass is 10.1. The van der Waals surface area contributed by atoms with Crippen LogP contribution in [0.5, 0.6) is 11.5 Å². The molecule has 0 aliphatic heterocycles. The molecule has 0 atom stereocenters. The maximum Gasteiger partial charge on any atom is 0.189 e. The predicted molar refractivity (Wildman–Crippen MR) is 72.3 cm³/mol. The number of methoxy groups -OCH3 is 1. The van der Waals surface area contributed by atoms with Crippen molar-refractivity contribution in [2.75, 3.05) is 7.11 Å². The second kappa shape index (κ2) is 5.82. The van der Waals surface area contributed by atoms with Crippen molar-refractivity contribution in [2.45, 2.75) is 0 Å². The number of ether oxygens (including phenoxy) is 1. The number of hydrogen-bond acceptors (Lipinski definition) is 4. The fraction of sp³-hybridized carbons (Fsp3) is 0.0667. The molecule has 0 bridgehead atoms. The van der Waals surface area contributed by atoms with E-state index in [0.29, 0.717) is 5.75 Å². The molecule has 96 valence electrons. The number of phenols is 1. The van der Waals surface area contributed by atoms with Crippen LogP contribution in [0.1, 0.15) is 15.9 Å². The average molecular weight is 255 g/mol. The van der Waals surface area contributed by atoms with Gasteiger partial charge in [-0.15, -0.1) is 0 Å². The standard InChI is InChI=1S/C15H13NO3/c1-19-12-5-6-13(15(18)9-12)14(17)7-4-11-3-2-8-16-10-11/h2-10,18H,1H3. The first kappa shape index (κ1) is 12.8. The first-order chi connectivity index (χ1) is 9.20. The number of carbonyl (C=O) groups is 1. The van der Waals surface area contributed by atoms with Crippen LogP contribution in [-0.4, -0.2) is 23.0 Å². The summed E-state index contributed by atoms with van der Waals surface area (Å²) in [6.07, 6.45) is 6.36. The van der Waals surface area contributed by atoms with Crippen LogP contribution in [0.15, 0.2) is 48.8 Å². The van der Waals surface area contributed by atoms with Crippen molar-refractivity contribution < 1.29 is 14.6 Å². The molecule has 2 rings (SSSR count). The SMILES string of the molecule is COc1ccc(C(=O)C=Cc2cccnc2)c(O)c1. The smallest absolute Gasteiger partial charge is 0.189 e. The fourth-order valence-electron chi connectivity index (χ4n) is 1.58. The Hall–Kier alpha value is -2.62. The summed E-state index contributed by atoms with van der Waals surface area (Å²) < 4.78 is 4.96. The molecular formula is C15H13NO3. The Morgan fingerprint density at radius 2 is 2.21 bits per heavy atom. The number of nitrogens with zero attached hydrogens (tertiary/aromatic N) is 1. The highest BCUT2D eigenvalue weighted by molar-refractivity contribution is 6.08. The van der Waals surface area contributed by atoms with Gasteiger partial charge in [0, 0.05) is 18.5 Å². The van der Waals surface area contributed by atoms with Gasteiger partial charge < -0.3 is 9.84 Å². The normalized spacial score (nSPS) is 10.6. The monoisotopic (exact) mass is 255 g/mol. The van der Waals surface area contributed by atoms with E-state index in [4.69, 9.17) is 4.74 Å². The number of allylic oxidation sites excluding steroid dienone is 1. The molecule has 1 N–H and O–H groups in total. The zero-order valence-corrected chi connectivity index (χ0v) is 10.4. The number of rotatable bonds is 4. The highest BCUT2D eigenvalue weighted by Crippen LogP contribution is 2.24. The van der Waals surface area contributed by atoms with Gasteiger partial charge >= 0.3 is 0 Å². The Balaban J connectivity index is 2.19. The second-order valence-corrected chi connectivity index (χ2v) is 3.87. The maximum atomic E-state index is 11.9. The van der Waals surface area contributed by atoms with Crippen LogP contribution < -0.4 is 4.74 Å². The molecule has 0 amide bonds. The van der Waals surface area contributed by atoms with Gasteiger partial charge in [0.05, 0.1) is 12.7 Å². The quantitative estimate of drug-likeness (QED) is 0.674. The number of carbonyl (C=O) groups excluding carboxylic acids is 1. The van der Waals surface area contributed by atoms with Crippen LogP contribution in [0, 0.1) is 0 Å². The zero-order valence-electron chi connectivity index (χ0n) is 10.4. The van der Waals surface area contributed by atoms with E-state index in [9.17, 15) is 9.90 Å². The topological polar surface area (TPSA) is 59.4 Å². The van der Waals surface area contributed by atoms with Crippen molar-refractivity contribution in [2.24, 2.45) is 0 Å². The predicted octanol–water partition coefficient (Wildman–Crippen LogP) is 2.69. The molecule has 0 fully saturated rings. The highest BCUT2D eigenvalue weighted by atomic mass is 16.5. The zero-order chi connectivity index (χ0) is 13.7. The number of aromatic hydroxyl groups is 1. The molecule has 0 unspecified atom stereocenters. The van der Waals surface area contributed by atoms with Crippen LogP contribution in [0.2, 0.25) is 0 Å². The third kappa shape index (κ3) is 3.19. The highest BCUT2D eigenvalue weighted by Gasteiger charge is 2.08. The molecule has 0 spiro atoms. The van der Waals surface area contributed by atoms with Gasteiger partial charge in [-0.2, -0.15) is 0 Å². The molecule has 0 saturated carbocycles. The van der Waals surface area contributed by atoms with Gasteiger partial charge in [0.25, 0.3) is 0 Å². The minimum absolute atomic E-state index is 0.0970. The summed E-state index contributed by atoms with van der Waals surface area (Å²) in [7, 11) is 1.50. The first-order valence-corrected chi connectivity index (χ1v) is 5.70. The van der Waals surface area contributed by atoms with Gasteiger partial charge in [-0.25, -0.2) is 0 Å². The van der Waals surface area contributed by atoms with Crippen molar-refractivity contribution in [1.82, 2.24) is 4.98 Å². The summed E-state index contributed by atoms with van der Waals surface area (Å²) in [5.41, 5.74) is 1.06. The van der Waals surface area contributed by atoms with Gasteiger partial charge in [-0.1, -0.05) is 6.07 Å². The number of benzene rings is 1. The summed E-state index contributed by atoms with van der Waals surface area (Å²) >= 11 is 0. The van der Waals surface area contributed by atoms with Crippen LogP contribution in [0.3, 0.4) is 0 Å². The average Bonchev–Trinajstić information content (AvgIpc) is 2.45. The summed E-state index contributed by atoms with van der Waals surface area (Å²) in [6.45, 7) is 0. The Morgan fingerprint density at radius 1 is 1.37 bits per heavy atom. The van der Waals surface area contributed by atoms with Gasteiger partial charge in [0.15, 0.2) is 5.78 Å². The van der Waals surface area contributed by atoms with Crippen molar-refractivity contribution >= 4 is 11.9 Å². The van der Waals surface area contributed by atoms with Gasteiger partial charge in [0.2, 0.25) is 0 Å². The van der Waals surface area contributed by atoms with E-state index >= 15 is 0 Å². The fourth-order valence-corrected chi connectivity index (χ4v) is 1.58. The molecule has 4 nitrogen and oxygen atoms in total. The number of phenolic OH excluding ortho intramolecular Hbond substituents is 1. The van der Waals surface area contributed by atoms with Gasteiger partial charge in [0.1, 0.15) is 11.5 Å². The number of hydrogen-bond donors (Lipinski definition) is 1. The summed E-state index contributed by atoms with van der Waals surface area (Å²) in [4.78, 5) is 15.9. The van der Waals surface area contributed by atoms with E-state index in [1.54, 1.807) is 30.6 Å². The second-order valence-electron chi connectivity index (χ2n) is 3.87. The molecule has 2 aromatic rings. The van der Waals surface area contributed by atoms with E-state index in [-0.39, 0.29) is 17.1 Å². The van der Waals surface area contributed by atoms with Gasteiger partial charge in [-0.05, 0) is 35.9 Å². The molecular weight excluding hydrogens is 242 g/mol. The summed E-state index contributed by atoms with van der Waals surface area (Å²) in [6, 6.07) is 8.19. The van der Waals surface area contributed by atoms with Gasteiger partial charge in [-0.3, -0.25) is 9.78 Å². The first-order valence-electron chi connectivity index (χ1n) is 5.70. The number of ketones is 1. The molecule has 1 aromatic carbocycles. The Kier molecular flexibility index (Phi) is 3.93. The Morgan fingerprint density at radius 3 is 2.84 bits per heavy atom. The molecule has 0 aliphatic rings. The lowest BCUT2D eigenvalue weighted by Crippen LogP contribution is -1.95. The molecule has 0 radical (unpaired) electrons. The van der Waals surface area contributed by atoms with E-state index in [1.807, 2.05) is 6.07 Å². The number of pyridine rings is 1. The largest absolute Gasteiger partial charge is 0.507 e. The molecule has 1 aromatic heterocycles. The lowest BCUT2D eigenvalue weighted by Gasteiger charge is -2.03. The van der Waals surface area contributed by atoms with Crippen LogP contribution >= 0.6 is 0 Å². The van der Waals surface area contributed by atoms with Crippen LogP contribution in [0.4, 0.5) is 0 Å². The summed E-state index contributed by atoms with van der Waals surface area (Å²) in [5.74, 6) is 0.134. The van der Waals surface area contributed by atoms with E-state index < -0.39 is 0 Å². The van der Waals surface area contributed by atoms with E-state index in [2.05, 4.69) is 4.98 Å². The molecule has 0 saturated heterocycles. The summed E-state index contributed by atoms with van der Waals surface area (Å²) in [5, 5.41) is 9.74. The van der Waals surface area contributed by atoms with Crippen LogP contribution in [0.25, 0.3) is 6.08 Å². The van der Waals surface area contributed by atoms with Crippen molar-refractivity contribution in [3.63, 3.8) is 0 Å². The molecule has 4 heteroatoms. The molecule has 19 heavy (non-hydrogen) atoms. The minimum Gasteiger partial charge on any atom is -0.507 e. The third-order valence-corrected chi connectivity index (χ3v) is 2.58. The maximum absolute atomic E-state index is 11.9. The van der Waals surface area contributed by atoms with E-state index in [1.165, 1.54) is 25.3 Å². The van der Waals surface area contributed by atoms with Crippen molar-refractivity contribution in [3.05, 3.63) is 59.9 Å². The molecule has 1 heterocycles. The van der Waals surface area contributed by atoms with Crippen molar-refractivity contribution in [1.29, 1.82) is 0 Å². The van der Waals surface area contributed by atoms with Crippen molar-refractivity contribution in [3.8, 4) is 11.5 Å². The number of aromatic nitrogens is 1. The lowest BCUT2D eigenvalue weighted by molar-refractivity contribution is 0.104. The molecule has 0 aliphatic carbocycles. The Bertz CT molecular complexity index is 606. The Labute approximate surface area is 111 Å². The third-order valence-electron chi connectivity index (χ3n) is 2.58. The minimum atomic E-state index is -0.274. The van der Waals surface area contributed by atoms with E-state index in [0.717, 1.165) is 5.56 Å².